The second-order valence-electron chi connectivity index (χ2n) is 4.42. The topological polar surface area (TPSA) is 46.5 Å². The van der Waals surface area contributed by atoms with Crippen LogP contribution in [0.1, 0.15) is 5.56 Å². The van der Waals surface area contributed by atoms with Crippen LogP contribution in [0, 0.1) is 0 Å². The van der Waals surface area contributed by atoms with E-state index in [1.807, 2.05) is 30.3 Å². The maximum atomic E-state index is 11.5. The molecule has 0 aliphatic heterocycles. The molecule has 0 spiro atoms. The number of benzene rings is 2. The third kappa shape index (κ3) is 4.41. The van der Waals surface area contributed by atoms with Gasteiger partial charge in [0.1, 0.15) is 11.0 Å². The average Bonchev–Trinajstić information content (AvgIpc) is 2.48. The summed E-state index contributed by atoms with van der Waals surface area (Å²) in [5, 5.41) is 9.41. The molecule has 1 atom stereocenters. The zero-order chi connectivity index (χ0) is 15.2. The predicted molar refractivity (Wildman–Crippen MR) is 85.4 cm³/mol. The van der Waals surface area contributed by atoms with E-state index in [0.717, 1.165) is 10.5 Å². The number of aliphatic carboxylic acids is 1. The molecule has 0 aliphatic carbocycles. The minimum absolute atomic E-state index is 0.346. The molecule has 2 aromatic rings. The molecule has 0 aliphatic rings. The minimum atomic E-state index is -0.856. The molecule has 0 heterocycles. The lowest BCUT2D eigenvalue weighted by Crippen LogP contribution is -2.19. The van der Waals surface area contributed by atoms with Gasteiger partial charge in [-0.3, -0.25) is 4.79 Å². The first kappa shape index (κ1) is 15.7. The van der Waals surface area contributed by atoms with Gasteiger partial charge < -0.3 is 9.84 Å². The summed E-state index contributed by atoms with van der Waals surface area (Å²) in [5.41, 5.74) is 0.792. The normalized spacial score (nSPS) is 11.9. The molecule has 0 bridgehead atoms. The number of rotatable bonds is 6. The van der Waals surface area contributed by atoms with E-state index in [9.17, 15) is 9.90 Å². The first-order chi connectivity index (χ1) is 10.1. The van der Waals surface area contributed by atoms with E-state index >= 15 is 0 Å². The zero-order valence-corrected chi connectivity index (χ0v) is 13.0. The molecule has 0 unspecified atom stereocenters. The number of carboxylic acids is 1. The minimum Gasteiger partial charge on any atom is -0.496 e. The van der Waals surface area contributed by atoms with Gasteiger partial charge in [0, 0.05) is 9.92 Å². The van der Waals surface area contributed by atoms with Crippen molar-refractivity contribution in [1.29, 1.82) is 0 Å². The molecule has 2 rings (SSSR count). The highest BCUT2D eigenvalue weighted by Crippen LogP contribution is 2.30. The standard InChI is InChI=1S/C16H15ClO3S/c1-20-14-8-7-12(17)9-11(14)10-15(16(18)19)21-13-5-3-2-4-6-13/h2-9,15H,10H2,1H3,(H,18,19)/t15-/m0/s1. The van der Waals surface area contributed by atoms with Crippen molar-refractivity contribution >= 4 is 29.3 Å². The Hall–Kier alpha value is -1.65. The van der Waals surface area contributed by atoms with Gasteiger partial charge in [0.2, 0.25) is 0 Å². The van der Waals surface area contributed by atoms with Crippen LogP contribution in [0.5, 0.6) is 5.75 Å². The monoisotopic (exact) mass is 322 g/mol. The van der Waals surface area contributed by atoms with Crippen molar-refractivity contribution in [1.82, 2.24) is 0 Å². The molecule has 21 heavy (non-hydrogen) atoms. The molecule has 110 valence electrons. The Morgan fingerprint density at radius 1 is 1.29 bits per heavy atom. The molecule has 0 radical (unpaired) electrons. The van der Waals surface area contributed by atoms with Gasteiger partial charge >= 0.3 is 5.97 Å². The lowest BCUT2D eigenvalue weighted by molar-refractivity contribution is -0.136. The summed E-state index contributed by atoms with van der Waals surface area (Å²) in [6, 6.07) is 14.7. The van der Waals surface area contributed by atoms with E-state index in [1.165, 1.54) is 11.8 Å². The largest absolute Gasteiger partial charge is 0.496 e. The van der Waals surface area contributed by atoms with E-state index < -0.39 is 11.2 Å². The fraction of sp³-hybridized carbons (Fsp3) is 0.188. The second kappa shape index (κ2) is 7.38. The third-order valence-corrected chi connectivity index (χ3v) is 4.38. The van der Waals surface area contributed by atoms with Gasteiger partial charge in [0.05, 0.1) is 7.11 Å². The van der Waals surface area contributed by atoms with E-state index in [4.69, 9.17) is 16.3 Å². The molecule has 2 aromatic carbocycles. The van der Waals surface area contributed by atoms with Gasteiger partial charge in [-0.25, -0.2) is 0 Å². The van der Waals surface area contributed by atoms with Crippen LogP contribution in [0.3, 0.4) is 0 Å². The van der Waals surface area contributed by atoms with E-state index in [-0.39, 0.29) is 0 Å². The summed E-state index contributed by atoms with van der Waals surface area (Å²) >= 11 is 7.31. The highest BCUT2D eigenvalue weighted by molar-refractivity contribution is 8.00. The molecule has 0 saturated carbocycles. The summed E-state index contributed by atoms with van der Waals surface area (Å²) in [6.45, 7) is 0. The Labute approximate surface area is 132 Å². The van der Waals surface area contributed by atoms with Gasteiger partial charge in [0.25, 0.3) is 0 Å². The van der Waals surface area contributed by atoms with Gasteiger partial charge in [-0.1, -0.05) is 29.8 Å². The van der Waals surface area contributed by atoms with Crippen LogP contribution in [-0.2, 0) is 11.2 Å². The summed E-state index contributed by atoms with van der Waals surface area (Å²) in [4.78, 5) is 12.4. The number of carboxylic acid groups (broad SMARTS) is 1. The fourth-order valence-electron chi connectivity index (χ4n) is 1.95. The number of thioether (sulfide) groups is 1. The summed E-state index contributed by atoms with van der Waals surface area (Å²) in [5.74, 6) is -0.204. The second-order valence-corrected chi connectivity index (χ2v) is 6.13. The smallest absolute Gasteiger partial charge is 0.317 e. The maximum absolute atomic E-state index is 11.5. The van der Waals surface area contributed by atoms with Crippen LogP contribution in [0.4, 0.5) is 0 Å². The van der Waals surface area contributed by atoms with Gasteiger partial charge in [-0.2, -0.15) is 0 Å². The SMILES string of the molecule is COc1ccc(Cl)cc1C[C@H](Sc1ccccc1)C(=O)O. The van der Waals surface area contributed by atoms with Gasteiger partial charge in [0.15, 0.2) is 0 Å². The summed E-state index contributed by atoms with van der Waals surface area (Å²) in [7, 11) is 1.56. The molecule has 0 aromatic heterocycles. The molecule has 0 saturated heterocycles. The molecule has 5 heteroatoms. The number of hydrogen-bond acceptors (Lipinski definition) is 3. The number of halogens is 1. The van der Waals surface area contributed by atoms with Crippen LogP contribution in [0.25, 0.3) is 0 Å². The molecule has 0 fully saturated rings. The molecule has 1 N–H and O–H groups in total. The van der Waals surface area contributed by atoms with Crippen LogP contribution in [0.2, 0.25) is 5.02 Å². The fourth-order valence-corrected chi connectivity index (χ4v) is 3.15. The molecule has 0 amide bonds. The average molecular weight is 323 g/mol. The highest BCUT2D eigenvalue weighted by Gasteiger charge is 2.21. The van der Waals surface area contributed by atoms with Crippen LogP contribution in [-0.4, -0.2) is 23.4 Å². The van der Waals surface area contributed by atoms with E-state index in [0.29, 0.717) is 17.2 Å². The number of carbonyl (C=O) groups is 1. The van der Waals surface area contributed by atoms with Crippen molar-refractivity contribution in [3.63, 3.8) is 0 Å². The highest BCUT2D eigenvalue weighted by atomic mass is 35.5. The van der Waals surface area contributed by atoms with E-state index in [1.54, 1.807) is 25.3 Å². The van der Waals surface area contributed by atoms with Crippen molar-refractivity contribution in [3.05, 3.63) is 59.1 Å². The predicted octanol–water partition coefficient (Wildman–Crippen LogP) is 4.14. The van der Waals surface area contributed by atoms with Crippen molar-refractivity contribution in [2.45, 2.75) is 16.6 Å². The van der Waals surface area contributed by atoms with E-state index in [2.05, 4.69) is 0 Å². The Balaban J connectivity index is 2.20. The Bertz CT molecular complexity index is 616. The first-order valence-electron chi connectivity index (χ1n) is 6.37. The van der Waals surface area contributed by atoms with Crippen LogP contribution < -0.4 is 4.74 Å². The van der Waals surface area contributed by atoms with Crippen molar-refractivity contribution in [3.8, 4) is 5.75 Å². The Morgan fingerprint density at radius 3 is 2.62 bits per heavy atom. The first-order valence-corrected chi connectivity index (χ1v) is 7.63. The third-order valence-electron chi connectivity index (χ3n) is 2.94. The van der Waals surface area contributed by atoms with Crippen molar-refractivity contribution < 1.29 is 14.6 Å². The van der Waals surface area contributed by atoms with Gasteiger partial charge in [-0.05, 0) is 42.3 Å². The summed E-state index contributed by atoms with van der Waals surface area (Å²) < 4.78 is 5.27. The molecular formula is C16H15ClO3S. The number of ether oxygens (including phenoxy) is 1. The Kier molecular flexibility index (Phi) is 5.53. The number of methoxy groups -OCH3 is 1. The Morgan fingerprint density at radius 2 is 2.00 bits per heavy atom. The van der Waals surface area contributed by atoms with Crippen LogP contribution in [0.15, 0.2) is 53.4 Å². The van der Waals surface area contributed by atoms with Gasteiger partial charge in [-0.15, -0.1) is 11.8 Å². The zero-order valence-electron chi connectivity index (χ0n) is 11.5. The summed E-state index contributed by atoms with van der Waals surface area (Å²) in [6.07, 6.45) is 0.346. The lowest BCUT2D eigenvalue weighted by Gasteiger charge is -2.15. The lowest BCUT2D eigenvalue weighted by atomic mass is 10.1. The quantitative estimate of drug-likeness (QED) is 0.812. The molecular weight excluding hydrogens is 308 g/mol. The van der Waals surface area contributed by atoms with Crippen molar-refractivity contribution in [2.75, 3.05) is 7.11 Å². The maximum Gasteiger partial charge on any atom is 0.317 e. The van der Waals surface area contributed by atoms with Crippen molar-refractivity contribution in [2.24, 2.45) is 0 Å². The van der Waals surface area contributed by atoms with Crippen LogP contribution >= 0.6 is 23.4 Å². The number of hydrogen-bond donors (Lipinski definition) is 1. The molecule has 3 nitrogen and oxygen atoms in total.